The van der Waals surface area contributed by atoms with Gasteiger partial charge in [0, 0.05) is 17.1 Å². The number of thiophene rings is 1. The molecule has 0 saturated heterocycles. The van der Waals surface area contributed by atoms with Gasteiger partial charge in [-0.15, -0.1) is 11.3 Å². The summed E-state index contributed by atoms with van der Waals surface area (Å²) in [6.45, 7) is 5.96. The van der Waals surface area contributed by atoms with Crippen molar-refractivity contribution in [2.75, 3.05) is 0 Å². The van der Waals surface area contributed by atoms with Gasteiger partial charge in [0.05, 0.1) is 11.8 Å². The average molecular weight is 356 g/mol. The predicted molar refractivity (Wildman–Crippen MR) is 99.0 cm³/mol. The molecule has 1 N–H and O–H groups in total. The van der Waals surface area contributed by atoms with Crippen LogP contribution in [0.15, 0.2) is 17.2 Å². The first-order chi connectivity index (χ1) is 11.9. The average Bonchev–Trinajstić information content (AvgIpc) is 3.31. The normalized spacial score (nSPS) is 15.6. The number of rotatable bonds is 4. The van der Waals surface area contributed by atoms with Gasteiger partial charge in [0.15, 0.2) is 0 Å². The van der Waals surface area contributed by atoms with E-state index in [-0.39, 0.29) is 24.1 Å². The molecule has 0 spiro atoms. The molecular weight excluding hydrogens is 336 g/mol. The van der Waals surface area contributed by atoms with Crippen LogP contribution in [0.5, 0.6) is 0 Å². The van der Waals surface area contributed by atoms with Gasteiger partial charge >= 0.3 is 0 Å². The van der Waals surface area contributed by atoms with E-state index in [1.54, 1.807) is 0 Å². The van der Waals surface area contributed by atoms with E-state index in [0.29, 0.717) is 16.1 Å². The second-order valence-electron chi connectivity index (χ2n) is 6.91. The van der Waals surface area contributed by atoms with E-state index < -0.39 is 0 Å². The van der Waals surface area contributed by atoms with E-state index in [1.165, 1.54) is 35.1 Å². The highest BCUT2D eigenvalue weighted by molar-refractivity contribution is 7.25. The first-order valence-corrected chi connectivity index (χ1v) is 9.31. The molecule has 4 rings (SSSR count). The van der Waals surface area contributed by atoms with E-state index in [2.05, 4.69) is 15.3 Å². The number of carbonyl (C=O) groups is 1. The van der Waals surface area contributed by atoms with Crippen molar-refractivity contribution in [2.24, 2.45) is 5.92 Å². The molecule has 6 nitrogen and oxygen atoms in total. The number of nitrogens with one attached hydrogen (secondary N) is 1. The first kappa shape index (κ1) is 16.2. The monoisotopic (exact) mass is 356 g/mol. The molecule has 1 aliphatic carbocycles. The van der Waals surface area contributed by atoms with Crippen LogP contribution in [0.1, 0.15) is 31.0 Å². The molecule has 0 radical (unpaired) electrons. The van der Waals surface area contributed by atoms with Crippen molar-refractivity contribution in [1.29, 1.82) is 0 Å². The first-order valence-electron chi connectivity index (χ1n) is 8.49. The third kappa shape index (κ3) is 2.93. The fourth-order valence-electron chi connectivity index (χ4n) is 3.28. The van der Waals surface area contributed by atoms with E-state index in [4.69, 9.17) is 0 Å². The minimum Gasteiger partial charge on any atom is -0.352 e. The maximum atomic E-state index is 12.8. The minimum atomic E-state index is -0.181. The van der Waals surface area contributed by atoms with Crippen molar-refractivity contribution in [1.82, 2.24) is 19.9 Å². The van der Waals surface area contributed by atoms with Gasteiger partial charge in [-0.3, -0.25) is 14.2 Å². The lowest BCUT2D eigenvalue weighted by Crippen LogP contribution is -2.38. The van der Waals surface area contributed by atoms with Crippen molar-refractivity contribution in [2.45, 2.75) is 46.2 Å². The van der Waals surface area contributed by atoms with Gasteiger partial charge in [0.25, 0.3) is 5.56 Å². The predicted octanol–water partition coefficient (Wildman–Crippen LogP) is 2.54. The van der Waals surface area contributed by atoms with E-state index in [0.717, 1.165) is 21.5 Å². The zero-order valence-corrected chi connectivity index (χ0v) is 15.3. The molecule has 0 aromatic carbocycles. The summed E-state index contributed by atoms with van der Waals surface area (Å²) in [4.78, 5) is 34.8. The van der Waals surface area contributed by atoms with Crippen LogP contribution in [-0.2, 0) is 11.3 Å². The number of aryl methyl sites for hydroxylation is 2. The lowest BCUT2D eigenvalue weighted by atomic mass is 10.1. The number of pyridine rings is 1. The summed E-state index contributed by atoms with van der Waals surface area (Å²) < 4.78 is 1.94. The molecule has 1 aliphatic rings. The van der Waals surface area contributed by atoms with Crippen LogP contribution in [0.25, 0.3) is 20.4 Å². The van der Waals surface area contributed by atoms with Gasteiger partial charge in [-0.05, 0) is 51.2 Å². The number of amides is 1. The molecular formula is C18H20N4O2S. The molecule has 7 heteroatoms. The lowest BCUT2D eigenvalue weighted by Gasteiger charge is -2.13. The molecule has 1 atom stereocenters. The van der Waals surface area contributed by atoms with Gasteiger partial charge in [0.2, 0.25) is 5.91 Å². The van der Waals surface area contributed by atoms with Crippen LogP contribution in [0.4, 0.5) is 0 Å². The van der Waals surface area contributed by atoms with Crippen LogP contribution in [0.3, 0.4) is 0 Å². The Morgan fingerprint density at radius 2 is 2.20 bits per heavy atom. The quantitative estimate of drug-likeness (QED) is 0.779. The number of fused-ring (bicyclic) bond motifs is 3. The van der Waals surface area contributed by atoms with Crippen molar-refractivity contribution >= 4 is 37.7 Å². The zero-order valence-electron chi connectivity index (χ0n) is 14.5. The van der Waals surface area contributed by atoms with Crippen molar-refractivity contribution in [3.05, 3.63) is 34.0 Å². The number of aromatic nitrogens is 3. The third-order valence-corrected chi connectivity index (χ3v) is 5.84. The highest BCUT2D eigenvalue weighted by atomic mass is 32.1. The van der Waals surface area contributed by atoms with Crippen molar-refractivity contribution < 1.29 is 4.79 Å². The second-order valence-corrected chi connectivity index (χ2v) is 7.91. The van der Waals surface area contributed by atoms with Gasteiger partial charge in [-0.2, -0.15) is 0 Å². The Hall–Kier alpha value is -2.28. The van der Waals surface area contributed by atoms with E-state index in [9.17, 15) is 9.59 Å². The minimum absolute atomic E-state index is 0.00147. The standard InChI is InChI=1S/C18H20N4O2S/c1-9-6-10(2)20-17-14(9)15-16(25-17)18(24)22(8-19-15)7-13(23)21-11(3)12-4-5-12/h6,8,11-12H,4-5,7H2,1-3H3,(H,21,23). The van der Waals surface area contributed by atoms with Crippen LogP contribution < -0.4 is 10.9 Å². The molecule has 3 aromatic heterocycles. The highest BCUT2D eigenvalue weighted by Crippen LogP contribution is 2.32. The fraction of sp³-hybridized carbons (Fsp3) is 0.444. The van der Waals surface area contributed by atoms with Crippen LogP contribution in [-0.4, -0.2) is 26.5 Å². The molecule has 3 heterocycles. The van der Waals surface area contributed by atoms with E-state index >= 15 is 0 Å². The summed E-state index contributed by atoms with van der Waals surface area (Å²) in [6, 6.07) is 2.16. The van der Waals surface area contributed by atoms with Crippen molar-refractivity contribution in [3.63, 3.8) is 0 Å². The molecule has 1 fully saturated rings. The molecule has 0 bridgehead atoms. The zero-order chi connectivity index (χ0) is 17.7. The fourth-order valence-corrected chi connectivity index (χ4v) is 4.48. The molecule has 1 unspecified atom stereocenters. The maximum Gasteiger partial charge on any atom is 0.271 e. The topological polar surface area (TPSA) is 76.9 Å². The van der Waals surface area contributed by atoms with E-state index in [1.807, 2.05) is 26.8 Å². The van der Waals surface area contributed by atoms with Crippen LogP contribution >= 0.6 is 11.3 Å². The van der Waals surface area contributed by atoms with Gasteiger partial charge in [-0.25, -0.2) is 9.97 Å². The SMILES string of the molecule is Cc1cc(C)c2c(n1)sc1c(=O)n(CC(=O)NC(C)C3CC3)cnc12. The third-order valence-electron chi connectivity index (χ3n) is 4.78. The number of carbonyl (C=O) groups excluding carboxylic acids is 1. The number of hydrogen-bond acceptors (Lipinski definition) is 5. The summed E-state index contributed by atoms with van der Waals surface area (Å²) in [5.74, 6) is 0.440. The Bertz CT molecular complexity index is 1050. The number of hydrogen-bond donors (Lipinski definition) is 1. The molecule has 25 heavy (non-hydrogen) atoms. The highest BCUT2D eigenvalue weighted by Gasteiger charge is 2.29. The largest absolute Gasteiger partial charge is 0.352 e. The number of nitrogens with zero attached hydrogens (tertiary/aromatic N) is 3. The van der Waals surface area contributed by atoms with Gasteiger partial charge in [0.1, 0.15) is 16.1 Å². The summed E-state index contributed by atoms with van der Waals surface area (Å²) >= 11 is 1.35. The van der Waals surface area contributed by atoms with Crippen LogP contribution in [0.2, 0.25) is 0 Å². The summed E-state index contributed by atoms with van der Waals surface area (Å²) in [5, 5.41) is 3.91. The summed E-state index contributed by atoms with van der Waals surface area (Å²) in [7, 11) is 0. The molecule has 0 aliphatic heterocycles. The smallest absolute Gasteiger partial charge is 0.271 e. The Balaban J connectivity index is 1.70. The molecule has 1 saturated carbocycles. The Kier molecular flexibility index (Phi) is 3.83. The van der Waals surface area contributed by atoms with Crippen molar-refractivity contribution in [3.8, 4) is 0 Å². The Labute approximate surface area is 148 Å². The summed E-state index contributed by atoms with van der Waals surface area (Å²) in [6.07, 6.45) is 3.81. The molecule has 130 valence electrons. The lowest BCUT2D eigenvalue weighted by molar-refractivity contribution is -0.122. The Morgan fingerprint density at radius 1 is 1.44 bits per heavy atom. The van der Waals surface area contributed by atoms with Gasteiger partial charge < -0.3 is 5.32 Å². The van der Waals surface area contributed by atoms with Crippen LogP contribution in [0, 0.1) is 19.8 Å². The molecule has 1 amide bonds. The van der Waals surface area contributed by atoms with Gasteiger partial charge in [-0.1, -0.05) is 0 Å². The Morgan fingerprint density at radius 3 is 2.92 bits per heavy atom. The molecule has 3 aromatic rings. The second kappa shape index (κ2) is 5.91. The summed E-state index contributed by atoms with van der Waals surface area (Å²) in [5.41, 5.74) is 2.48. The maximum absolute atomic E-state index is 12.8.